The Hall–Kier alpha value is -2.58. The van der Waals surface area contributed by atoms with Crippen LogP contribution in [0.1, 0.15) is 37.1 Å². The summed E-state index contributed by atoms with van der Waals surface area (Å²) in [5, 5.41) is 9.10. The molecule has 0 spiro atoms. The predicted molar refractivity (Wildman–Crippen MR) is 96.8 cm³/mol. The molecule has 2 aromatic carbocycles. The second kappa shape index (κ2) is 5.97. The van der Waals surface area contributed by atoms with Gasteiger partial charge in [0.25, 0.3) is 0 Å². The van der Waals surface area contributed by atoms with E-state index in [1.165, 1.54) is 12.1 Å². The highest BCUT2D eigenvalue weighted by Crippen LogP contribution is 2.69. The van der Waals surface area contributed by atoms with E-state index >= 15 is 0 Å². The highest BCUT2D eigenvalue weighted by atomic mass is 32.2. The molecule has 4 rings (SSSR count). The fourth-order valence-corrected chi connectivity index (χ4v) is 4.21. The van der Waals surface area contributed by atoms with Crippen molar-refractivity contribution in [2.75, 3.05) is 0 Å². The van der Waals surface area contributed by atoms with Crippen molar-refractivity contribution in [1.82, 2.24) is 10.1 Å². The molecule has 0 saturated heterocycles. The fourth-order valence-electron chi connectivity index (χ4n) is 3.68. The van der Waals surface area contributed by atoms with Gasteiger partial charge in [-0.1, -0.05) is 55.4 Å². The lowest BCUT2D eigenvalue weighted by molar-refractivity contribution is 0.368. The number of primary sulfonamides is 1. The fraction of sp³-hybridized carbons (Fsp3) is 0.263. The van der Waals surface area contributed by atoms with Crippen LogP contribution in [0.15, 0.2) is 57.9 Å². The first-order chi connectivity index (χ1) is 12.7. The molecule has 1 aliphatic rings. The van der Waals surface area contributed by atoms with Crippen molar-refractivity contribution in [3.63, 3.8) is 0 Å². The van der Waals surface area contributed by atoms with Crippen LogP contribution in [0.4, 0.5) is 4.39 Å². The van der Waals surface area contributed by atoms with Crippen LogP contribution in [-0.2, 0) is 10.0 Å². The normalized spacial score (nSPS) is 21.2. The van der Waals surface area contributed by atoms with E-state index in [1.54, 1.807) is 0 Å². The summed E-state index contributed by atoms with van der Waals surface area (Å²) in [6, 6.07) is 13.2. The highest BCUT2D eigenvalue weighted by molar-refractivity contribution is 7.89. The number of nitrogens with zero attached hydrogens (tertiary/aromatic N) is 2. The molecule has 3 aromatic rings. The van der Waals surface area contributed by atoms with Crippen LogP contribution in [0.2, 0.25) is 0 Å². The summed E-state index contributed by atoms with van der Waals surface area (Å²) in [6.45, 7) is 3.98. The van der Waals surface area contributed by atoms with Crippen molar-refractivity contribution in [3.8, 4) is 11.4 Å². The topological polar surface area (TPSA) is 99.1 Å². The van der Waals surface area contributed by atoms with E-state index in [-0.39, 0.29) is 22.1 Å². The number of benzene rings is 2. The zero-order valence-electron chi connectivity index (χ0n) is 14.8. The van der Waals surface area contributed by atoms with E-state index in [2.05, 4.69) is 10.1 Å². The van der Waals surface area contributed by atoms with Gasteiger partial charge in [-0.05, 0) is 23.1 Å². The van der Waals surface area contributed by atoms with Gasteiger partial charge in [-0.15, -0.1) is 0 Å². The van der Waals surface area contributed by atoms with E-state index in [4.69, 9.17) is 9.66 Å². The Bertz CT molecular complexity index is 1110. The summed E-state index contributed by atoms with van der Waals surface area (Å²) < 4.78 is 42.9. The molecule has 8 heteroatoms. The monoisotopic (exact) mass is 387 g/mol. The maximum Gasteiger partial charge on any atom is 0.238 e. The molecule has 2 atom stereocenters. The summed E-state index contributed by atoms with van der Waals surface area (Å²) in [7, 11) is -3.95. The predicted octanol–water partition coefficient (Wildman–Crippen LogP) is 3.43. The number of nitrogens with two attached hydrogens (primary N) is 1. The van der Waals surface area contributed by atoms with Crippen molar-refractivity contribution in [2.45, 2.75) is 30.6 Å². The van der Waals surface area contributed by atoms with Gasteiger partial charge in [-0.3, -0.25) is 0 Å². The average molecular weight is 387 g/mol. The Morgan fingerprint density at radius 3 is 2.44 bits per heavy atom. The summed E-state index contributed by atoms with van der Waals surface area (Å²) >= 11 is 0. The number of hydrogen-bond donors (Lipinski definition) is 1. The maximum absolute atomic E-state index is 14.6. The van der Waals surface area contributed by atoms with Gasteiger partial charge in [0.15, 0.2) is 0 Å². The lowest BCUT2D eigenvalue weighted by Crippen LogP contribution is -2.12. The standard InChI is InChI=1S/C19H18FN3O3S/c1-19(2)15(13-9-8-12(10-14(13)20)27(21,24)25)16(19)18-22-17(23-26-18)11-6-4-3-5-7-11/h3-10,15-16H,1-2H3,(H2,21,24,25)/t15-,16+/m0/s1. The maximum atomic E-state index is 14.6. The van der Waals surface area contributed by atoms with Gasteiger partial charge >= 0.3 is 0 Å². The van der Waals surface area contributed by atoms with Crippen molar-refractivity contribution < 1.29 is 17.3 Å². The second-order valence-corrected chi connectivity index (χ2v) is 8.89. The third-order valence-corrected chi connectivity index (χ3v) is 6.11. The molecule has 27 heavy (non-hydrogen) atoms. The Labute approximate surface area is 156 Å². The summed E-state index contributed by atoms with van der Waals surface area (Å²) in [4.78, 5) is 4.24. The van der Waals surface area contributed by atoms with Gasteiger partial charge in [0.05, 0.1) is 10.8 Å². The lowest BCUT2D eigenvalue weighted by Gasteiger charge is -2.06. The molecule has 1 fully saturated rings. The molecule has 0 amide bonds. The minimum Gasteiger partial charge on any atom is -0.339 e. The van der Waals surface area contributed by atoms with Gasteiger partial charge in [0.1, 0.15) is 5.82 Å². The highest BCUT2D eigenvalue weighted by Gasteiger charge is 2.62. The zero-order valence-corrected chi connectivity index (χ0v) is 15.6. The molecule has 1 aromatic heterocycles. The molecule has 1 saturated carbocycles. The molecule has 6 nitrogen and oxygen atoms in total. The molecule has 0 radical (unpaired) electrons. The van der Waals surface area contributed by atoms with Gasteiger partial charge in [-0.25, -0.2) is 17.9 Å². The summed E-state index contributed by atoms with van der Waals surface area (Å²) in [5.74, 6) is -0.0332. The molecule has 0 bridgehead atoms. The summed E-state index contributed by atoms with van der Waals surface area (Å²) in [5.41, 5.74) is 0.952. The van der Waals surface area contributed by atoms with Crippen molar-refractivity contribution in [2.24, 2.45) is 10.6 Å². The van der Waals surface area contributed by atoms with Crippen LogP contribution in [0.25, 0.3) is 11.4 Å². The lowest BCUT2D eigenvalue weighted by atomic mass is 10.0. The first kappa shape index (κ1) is 17.8. The van der Waals surface area contributed by atoms with Crippen molar-refractivity contribution >= 4 is 10.0 Å². The third-order valence-electron chi connectivity index (χ3n) is 5.20. The molecular formula is C19H18FN3O3S. The molecular weight excluding hydrogens is 369 g/mol. The quantitative estimate of drug-likeness (QED) is 0.739. The molecule has 140 valence electrons. The Kier molecular flexibility index (Phi) is 3.94. The Morgan fingerprint density at radius 1 is 1.11 bits per heavy atom. The van der Waals surface area contributed by atoms with Crippen LogP contribution < -0.4 is 5.14 Å². The van der Waals surface area contributed by atoms with Crippen LogP contribution in [-0.4, -0.2) is 18.6 Å². The molecule has 2 N–H and O–H groups in total. The van der Waals surface area contributed by atoms with Crippen molar-refractivity contribution in [3.05, 3.63) is 65.8 Å². The molecule has 1 aliphatic carbocycles. The molecule has 0 aliphatic heterocycles. The first-order valence-electron chi connectivity index (χ1n) is 8.41. The smallest absolute Gasteiger partial charge is 0.238 e. The van der Waals surface area contributed by atoms with Crippen LogP contribution in [0, 0.1) is 11.2 Å². The van der Waals surface area contributed by atoms with Crippen LogP contribution in [0.5, 0.6) is 0 Å². The van der Waals surface area contributed by atoms with Gasteiger partial charge in [0, 0.05) is 11.5 Å². The molecule has 0 unspecified atom stereocenters. The van der Waals surface area contributed by atoms with E-state index in [0.717, 1.165) is 11.6 Å². The number of halogens is 1. The third kappa shape index (κ3) is 3.04. The van der Waals surface area contributed by atoms with E-state index in [0.29, 0.717) is 17.3 Å². The van der Waals surface area contributed by atoms with E-state index < -0.39 is 15.8 Å². The minimum atomic E-state index is -3.95. The van der Waals surface area contributed by atoms with Gasteiger partial charge in [-0.2, -0.15) is 4.98 Å². The molecule has 1 heterocycles. The van der Waals surface area contributed by atoms with Gasteiger partial charge < -0.3 is 4.52 Å². The number of sulfonamides is 1. The SMILES string of the molecule is CC1(C)[C@@H](c2nc(-c3ccccc3)no2)[C@@H]1c1ccc(S(N)(=O)=O)cc1F. The van der Waals surface area contributed by atoms with E-state index in [1.807, 2.05) is 44.2 Å². The van der Waals surface area contributed by atoms with Gasteiger partial charge in [0.2, 0.25) is 21.7 Å². The number of hydrogen-bond acceptors (Lipinski definition) is 5. The van der Waals surface area contributed by atoms with Crippen molar-refractivity contribution in [1.29, 1.82) is 0 Å². The number of aromatic nitrogens is 2. The Balaban J connectivity index is 1.66. The Morgan fingerprint density at radius 2 is 1.81 bits per heavy atom. The zero-order chi connectivity index (χ0) is 19.4. The second-order valence-electron chi connectivity index (χ2n) is 7.33. The van der Waals surface area contributed by atoms with E-state index in [9.17, 15) is 12.8 Å². The number of rotatable bonds is 4. The van der Waals surface area contributed by atoms with Crippen LogP contribution >= 0.6 is 0 Å². The largest absolute Gasteiger partial charge is 0.339 e. The van der Waals surface area contributed by atoms with Crippen LogP contribution in [0.3, 0.4) is 0 Å². The first-order valence-corrected chi connectivity index (χ1v) is 9.95. The average Bonchev–Trinajstić information content (AvgIpc) is 2.95. The summed E-state index contributed by atoms with van der Waals surface area (Å²) in [6.07, 6.45) is 0. The minimum absolute atomic E-state index is 0.155.